The maximum Gasteiger partial charge on any atom is 0.0484 e. The van der Waals surface area contributed by atoms with E-state index in [0.29, 0.717) is 0 Å². The van der Waals surface area contributed by atoms with E-state index in [0.717, 1.165) is 52.0 Å². The van der Waals surface area contributed by atoms with Crippen LogP contribution < -0.4 is 5.73 Å². The molecule has 1 heterocycles. The van der Waals surface area contributed by atoms with Gasteiger partial charge < -0.3 is 10.5 Å². The van der Waals surface area contributed by atoms with E-state index >= 15 is 0 Å². The molecule has 1 aromatic carbocycles. The molecule has 1 aromatic rings. The average Bonchev–Trinajstić information content (AvgIpc) is 2.72. The molecular weight excluding hydrogens is 236 g/mol. The van der Waals surface area contributed by atoms with Gasteiger partial charge in [-0.2, -0.15) is 0 Å². The molecule has 2 N–H and O–H groups in total. The molecule has 2 rings (SSSR count). The summed E-state index contributed by atoms with van der Waals surface area (Å²) in [6, 6.07) is 10.7. The Morgan fingerprint density at radius 2 is 2.00 bits per heavy atom. The van der Waals surface area contributed by atoms with Crippen molar-refractivity contribution in [1.29, 1.82) is 0 Å². The number of ether oxygens (including phenoxy) is 1. The second kappa shape index (κ2) is 7.04. The fourth-order valence-corrected chi connectivity index (χ4v) is 2.91. The van der Waals surface area contributed by atoms with E-state index in [9.17, 15) is 0 Å². The van der Waals surface area contributed by atoms with Crippen LogP contribution in [0, 0.1) is 0 Å². The Balaban J connectivity index is 1.94. The van der Waals surface area contributed by atoms with Crippen molar-refractivity contribution < 1.29 is 4.74 Å². The van der Waals surface area contributed by atoms with Gasteiger partial charge in [0.05, 0.1) is 0 Å². The van der Waals surface area contributed by atoms with Crippen LogP contribution in [0.4, 0.5) is 0 Å². The SMILES string of the molecule is CN(CCc1ccccc1)C1(CN)CCCOCC1. The van der Waals surface area contributed by atoms with Gasteiger partial charge in [0.2, 0.25) is 0 Å². The van der Waals surface area contributed by atoms with Crippen LogP contribution in [0.25, 0.3) is 0 Å². The average molecular weight is 262 g/mol. The van der Waals surface area contributed by atoms with Gasteiger partial charge in [-0.1, -0.05) is 30.3 Å². The third-order valence-corrected chi connectivity index (χ3v) is 4.41. The van der Waals surface area contributed by atoms with Gasteiger partial charge >= 0.3 is 0 Å². The highest BCUT2D eigenvalue weighted by atomic mass is 16.5. The maximum absolute atomic E-state index is 6.08. The van der Waals surface area contributed by atoms with Gasteiger partial charge in [0.25, 0.3) is 0 Å². The molecule has 1 aliphatic heterocycles. The Hall–Kier alpha value is -0.900. The summed E-state index contributed by atoms with van der Waals surface area (Å²) in [6.45, 7) is 3.50. The highest BCUT2D eigenvalue weighted by molar-refractivity contribution is 5.15. The van der Waals surface area contributed by atoms with Crippen LogP contribution in [-0.2, 0) is 11.2 Å². The number of nitrogens with two attached hydrogens (primary N) is 1. The Labute approximate surface area is 116 Å². The molecule has 1 fully saturated rings. The fourth-order valence-electron chi connectivity index (χ4n) is 2.91. The van der Waals surface area contributed by atoms with Crippen molar-refractivity contribution in [2.45, 2.75) is 31.2 Å². The smallest absolute Gasteiger partial charge is 0.0484 e. The monoisotopic (exact) mass is 262 g/mol. The van der Waals surface area contributed by atoms with Gasteiger partial charge in [0.1, 0.15) is 0 Å². The summed E-state index contributed by atoms with van der Waals surface area (Å²) >= 11 is 0. The number of benzene rings is 1. The van der Waals surface area contributed by atoms with Gasteiger partial charge in [-0.3, -0.25) is 4.90 Å². The van der Waals surface area contributed by atoms with E-state index in [4.69, 9.17) is 10.5 Å². The van der Waals surface area contributed by atoms with Crippen LogP contribution in [0.2, 0.25) is 0 Å². The first kappa shape index (κ1) is 14.5. The standard InChI is InChI=1S/C16H26N2O/c1-18(11-8-15-6-3-2-4-7-15)16(14-17)9-5-12-19-13-10-16/h2-4,6-7H,5,8-14,17H2,1H3. The summed E-state index contributed by atoms with van der Waals surface area (Å²) in [7, 11) is 2.21. The van der Waals surface area contributed by atoms with Crippen LogP contribution in [0.1, 0.15) is 24.8 Å². The van der Waals surface area contributed by atoms with Crippen molar-refractivity contribution in [2.24, 2.45) is 5.73 Å². The molecule has 0 spiro atoms. The third kappa shape index (κ3) is 3.78. The van der Waals surface area contributed by atoms with Crippen molar-refractivity contribution in [3.8, 4) is 0 Å². The first-order valence-corrected chi connectivity index (χ1v) is 7.30. The van der Waals surface area contributed by atoms with Gasteiger partial charge in [0, 0.05) is 31.8 Å². The normalized spacial score (nSPS) is 24.4. The van der Waals surface area contributed by atoms with E-state index in [1.807, 2.05) is 0 Å². The topological polar surface area (TPSA) is 38.5 Å². The van der Waals surface area contributed by atoms with Gasteiger partial charge in [-0.05, 0) is 38.3 Å². The minimum absolute atomic E-state index is 0.130. The molecule has 3 heteroatoms. The molecule has 19 heavy (non-hydrogen) atoms. The van der Waals surface area contributed by atoms with Gasteiger partial charge in [0.15, 0.2) is 0 Å². The largest absolute Gasteiger partial charge is 0.381 e. The molecular formula is C16H26N2O. The summed E-state index contributed by atoms with van der Waals surface area (Å²) in [6.07, 6.45) is 4.40. The van der Waals surface area contributed by atoms with E-state index < -0.39 is 0 Å². The van der Waals surface area contributed by atoms with Crippen LogP contribution >= 0.6 is 0 Å². The molecule has 0 amide bonds. The van der Waals surface area contributed by atoms with Gasteiger partial charge in [-0.25, -0.2) is 0 Å². The molecule has 0 saturated carbocycles. The number of rotatable bonds is 5. The van der Waals surface area contributed by atoms with Crippen molar-refractivity contribution in [2.75, 3.05) is 33.4 Å². The Morgan fingerprint density at radius 1 is 1.21 bits per heavy atom. The van der Waals surface area contributed by atoms with E-state index in [2.05, 4.69) is 42.3 Å². The minimum Gasteiger partial charge on any atom is -0.381 e. The van der Waals surface area contributed by atoms with Crippen LogP contribution in [0.3, 0.4) is 0 Å². The Bertz CT molecular complexity index is 358. The second-order valence-electron chi connectivity index (χ2n) is 5.55. The fraction of sp³-hybridized carbons (Fsp3) is 0.625. The zero-order valence-electron chi connectivity index (χ0n) is 12.0. The predicted octanol–water partition coefficient (Wildman–Crippen LogP) is 2.06. The highest BCUT2D eigenvalue weighted by Gasteiger charge is 2.33. The lowest BCUT2D eigenvalue weighted by Crippen LogP contribution is -2.52. The summed E-state index contributed by atoms with van der Waals surface area (Å²) in [5.41, 5.74) is 7.61. The number of nitrogens with zero attached hydrogens (tertiary/aromatic N) is 1. The van der Waals surface area contributed by atoms with E-state index in [-0.39, 0.29) is 5.54 Å². The maximum atomic E-state index is 6.08. The molecule has 1 saturated heterocycles. The van der Waals surface area contributed by atoms with E-state index in [1.54, 1.807) is 0 Å². The third-order valence-electron chi connectivity index (χ3n) is 4.41. The molecule has 3 nitrogen and oxygen atoms in total. The minimum atomic E-state index is 0.130. The molecule has 0 radical (unpaired) electrons. The second-order valence-corrected chi connectivity index (χ2v) is 5.55. The molecule has 0 bridgehead atoms. The summed E-state index contributed by atoms with van der Waals surface area (Å²) in [4.78, 5) is 2.45. The van der Waals surface area contributed by atoms with Crippen molar-refractivity contribution in [1.82, 2.24) is 4.90 Å². The van der Waals surface area contributed by atoms with Crippen molar-refractivity contribution in [3.05, 3.63) is 35.9 Å². The first-order valence-electron chi connectivity index (χ1n) is 7.30. The molecule has 0 aliphatic carbocycles. The molecule has 106 valence electrons. The number of likely N-dealkylation sites (N-methyl/N-ethyl adjacent to an activating group) is 1. The van der Waals surface area contributed by atoms with Crippen LogP contribution in [0.5, 0.6) is 0 Å². The zero-order valence-corrected chi connectivity index (χ0v) is 12.0. The predicted molar refractivity (Wildman–Crippen MR) is 79.2 cm³/mol. The summed E-state index contributed by atoms with van der Waals surface area (Å²) in [5, 5.41) is 0. The van der Waals surface area contributed by atoms with Crippen LogP contribution in [-0.4, -0.2) is 43.8 Å². The summed E-state index contributed by atoms with van der Waals surface area (Å²) in [5.74, 6) is 0. The zero-order chi connectivity index (χ0) is 13.6. The first-order chi connectivity index (χ1) is 9.27. The number of hydrogen-bond donors (Lipinski definition) is 1. The van der Waals surface area contributed by atoms with Crippen molar-refractivity contribution in [3.63, 3.8) is 0 Å². The molecule has 1 aliphatic rings. The molecule has 1 unspecified atom stereocenters. The Morgan fingerprint density at radius 3 is 2.74 bits per heavy atom. The lowest BCUT2D eigenvalue weighted by Gasteiger charge is -2.40. The lowest BCUT2D eigenvalue weighted by atomic mass is 9.88. The number of hydrogen-bond acceptors (Lipinski definition) is 3. The van der Waals surface area contributed by atoms with Crippen LogP contribution in [0.15, 0.2) is 30.3 Å². The molecule has 1 atom stereocenters. The quantitative estimate of drug-likeness (QED) is 0.883. The Kier molecular flexibility index (Phi) is 5.37. The van der Waals surface area contributed by atoms with Crippen molar-refractivity contribution >= 4 is 0 Å². The van der Waals surface area contributed by atoms with E-state index in [1.165, 1.54) is 5.56 Å². The lowest BCUT2D eigenvalue weighted by molar-refractivity contribution is 0.0899. The summed E-state index contributed by atoms with van der Waals surface area (Å²) < 4.78 is 5.58. The van der Waals surface area contributed by atoms with Gasteiger partial charge in [-0.15, -0.1) is 0 Å². The highest BCUT2D eigenvalue weighted by Crippen LogP contribution is 2.26. The molecule has 0 aromatic heterocycles.